The molecule has 2 N–H and O–H groups in total. The van der Waals surface area contributed by atoms with Crippen molar-refractivity contribution in [3.05, 3.63) is 0 Å². The molecule has 0 amide bonds. The van der Waals surface area contributed by atoms with E-state index in [4.69, 9.17) is 16.7 Å². The fraction of sp³-hybridized carbons (Fsp3) is 0.833. The molecule has 0 aliphatic carbocycles. The average molecular weight is 167 g/mol. The van der Waals surface area contributed by atoms with E-state index in [0.717, 1.165) is 0 Å². The van der Waals surface area contributed by atoms with Crippen molar-refractivity contribution in [3.63, 3.8) is 0 Å². The number of aliphatic carboxylic acids is 1. The first-order chi connectivity index (χ1) is 4.56. The number of carboxylic acids is 1. The molecule has 1 atom stereocenters. The van der Waals surface area contributed by atoms with Crippen LogP contribution < -0.4 is 0 Å². The Balaban J connectivity index is 4.08. The van der Waals surface area contributed by atoms with Gasteiger partial charge in [-0.1, -0.05) is 6.92 Å². The first-order valence-corrected chi connectivity index (χ1v) is 3.62. The largest absolute Gasteiger partial charge is 0.479 e. The second kappa shape index (κ2) is 3.78. The molecule has 0 aromatic heterocycles. The van der Waals surface area contributed by atoms with Crippen LogP contribution in [0.2, 0.25) is 0 Å². The highest BCUT2D eigenvalue weighted by atomic mass is 35.5. The van der Waals surface area contributed by atoms with E-state index in [1.165, 1.54) is 0 Å². The van der Waals surface area contributed by atoms with E-state index in [-0.39, 0.29) is 18.7 Å². The summed E-state index contributed by atoms with van der Waals surface area (Å²) in [5, 5.41) is 17.7. The van der Waals surface area contributed by atoms with Crippen LogP contribution in [-0.2, 0) is 4.79 Å². The predicted octanol–water partition coefficient (Wildman–Crippen LogP) is 0.841. The van der Waals surface area contributed by atoms with Crippen molar-refractivity contribution in [2.45, 2.75) is 25.4 Å². The molecule has 0 aromatic rings. The normalized spacial score (nSPS) is 16.3. The molecule has 3 nitrogen and oxygen atoms in total. The minimum Gasteiger partial charge on any atom is -0.479 e. The molecule has 10 heavy (non-hydrogen) atoms. The molecule has 0 radical (unpaired) electrons. The topological polar surface area (TPSA) is 57.5 Å². The molecule has 0 saturated carbocycles. The van der Waals surface area contributed by atoms with Gasteiger partial charge in [0.25, 0.3) is 0 Å². The van der Waals surface area contributed by atoms with Gasteiger partial charge in [-0.25, -0.2) is 4.79 Å². The zero-order chi connectivity index (χ0) is 8.20. The molecule has 0 heterocycles. The lowest BCUT2D eigenvalue weighted by atomic mass is 9.98. The van der Waals surface area contributed by atoms with Crippen LogP contribution >= 0.6 is 11.6 Å². The maximum atomic E-state index is 10.3. The van der Waals surface area contributed by atoms with Gasteiger partial charge in [-0.2, -0.15) is 0 Å². The lowest BCUT2D eigenvalue weighted by Crippen LogP contribution is -2.38. The molecule has 0 rings (SSSR count). The van der Waals surface area contributed by atoms with E-state index in [9.17, 15) is 9.90 Å². The summed E-state index contributed by atoms with van der Waals surface area (Å²) in [5.74, 6) is -1.04. The van der Waals surface area contributed by atoms with E-state index >= 15 is 0 Å². The van der Waals surface area contributed by atoms with E-state index < -0.39 is 11.6 Å². The first-order valence-electron chi connectivity index (χ1n) is 3.08. The van der Waals surface area contributed by atoms with Gasteiger partial charge in [-0.3, -0.25) is 0 Å². The quantitative estimate of drug-likeness (QED) is 0.609. The third-order valence-electron chi connectivity index (χ3n) is 1.49. The number of carboxylic acid groups (broad SMARTS) is 1. The summed E-state index contributed by atoms with van der Waals surface area (Å²) in [5.41, 5.74) is -1.62. The van der Waals surface area contributed by atoms with Gasteiger partial charge in [-0.15, -0.1) is 11.6 Å². The van der Waals surface area contributed by atoms with Gasteiger partial charge in [0.15, 0.2) is 5.60 Å². The Morgan fingerprint density at radius 1 is 1.70 bits per heavy atom. The summed E-state index contributed by atoms with van der Waals surface area (Å²) in [6.45, 7) is 1.61. The van der Waals surface area contributed by atoms with Crippen LogP contribution in [0.3, 0.4) is 0 Å². The van der Waals surface area contributed by atoms with Crippen LogP contribution in [0.25, 0.3) is 0 Å². The lowest BCUT2D eigenvalue weighted by molar-refractivity contribution is -0.159. The molecule has 0 aromatic carbocycles. The van der Waals surface area contributed by atoms with Crippen molar-refractivity contribution in [3.8, 4) is 0 Å². The zero-order valence-corrected chi connectivity index (χ0v) is 6.56. The molecule has 0 bridgehead atoms. The molecule has 1 unspecified atom stereocenters. The molecule has 0 aliphatic rings. The van der Waals surface area contributed by atoms with E-state index in [2.05, 4.69) is 0 Å². The minimum absolute atomic E-state index is 0.0976. The van der Waals surface area contributed by atoms with Gasteiger partial charge in [0.1, 0.15) is 0 Å². The second-order valence-electron chi connectivity index (χ2n) is 2.13. The molecule has 0 saturated heterocycles. The minimum atomic E-state index is -1.62. The standard InChI is InChI=1S/C6H11ClO3/c1-2-6(10,3-4-7)5(8)9/h10H,2-4H2,1H3,(H,8,9). The van der Waals surface area contributed by atoms with Crippen LogP contribution in [0.4, 0.5) is 0 Å². The van der Waals surface area contributed by atoms with Crippen molar-refractivity contribution in [2.24, 2.45) is 0 Å². The maximum absolute atomic E-state index is 10.3. The van der Waals surface area contributed by atoms with Crippen LogP contribution in [0.5, 0.6) is 0 Å². The SMILES string of the molecule is CCC(O)(CCCl)C(=O)O. The van der Waals surface area contributed by atoms with Gasteiger partial charge in [0.05, 0.1) is 0 Å². The van der Waals surface area contributed by atoms with Crippen molar-refractivity contribution >= 4 is 17.6 Å². The molecule has 4 heteroatoms. The summed E-state index contributed by atoms with van der Waals surface area (Å²) in [6.07, 6.45) is 0.287. The van der Waals surface area contributed by atoms with E-state index in [1.54, 1.807) is 6.92 Å². The number of aliphatic hydroxyl groups is 1. The van der Waals surface area contributed by atoms with Crippen molar-refractivity contribution in [2.75, 3.05) is 5.88 Å². The van der Waals surface area contributed by atoms with Crippen molar-refractivity contribution in [1.29, 1.82) is 0 Å². The lowest BCUT2D eigenvalue weighted by Gasteiger charge is -2.19. The first kappa shape index (κ1) is 9.72. The smallest absolute Gasteiger partial charge is 0.335 e. The van der Waals surface area contributed by atoms with Gasteiger partial charge in [0, 0.05) is 12.3 Å². The predicted molar refractivity (Wildman–Crippen MR) is 38.2 cm³/mol. The number of hydrogen-bond acceptors (Lipinski definition) is 2. The average Bonchev–Trinajstić information content (AvgIpc) is 1.88. The monoisotopic (exact) mass is 166 g/mol. The molecule has 0 fully saturated rings. The Kier molecular flexibility index (Phi) is 3.68. The van der Waals surface area contributed by atoms with Crippen LogP contribution in [0.15, 0.2) is 0 Å². The summed E-state index contributed by atoms with van der Waals surface area (Å²) >= 11 is 5.29. The molecular weight excluding hydrogens is 156 g/mol. The Morgan fingerprint density at radius 3 is 2.30 bits per heavy atom. The van der Waals surface area contributed by atoms with Crippen LogP contribution in [-0.4, -0.2) is 27.7 Å². The molecule has 0 aliphatic heterocycles. The Hall–Kier alpha value is -0.280. The highest BCUT2D eigenvalue weighted by Gasteiger charge is 2.32. The van der Waals surface area contributed by atoms with Gasteiger partial charge in [0.2, 0.25) is 0 Å². The zero-order valence-electron chi connectivity index (χ0n) is 5.80. The van der Waals surface area contributed by atoms with Crippen LogP contribution in [0.1, 0.15) is 19.8 Å². The van der Waals surface area contributed by atoms with Crippen LogP contribution in [0, 0.1) is 0 Å². The Bertz CT molecular complexity index is 126. The molecular formula is C6H11ClO3. The second-order valence-corrected chi connectivity index (χ2v) is 2.51. The van der Waals surface area contributed by atoms with E-state index in [0.29, 0.717) is 0 Å². The summed E-state index contributed by atoms with van der Waals surface area (Å²) in [4.78, 5) is 10.3. The van der Waals surface area contributed by atoms with Crippen molar-refractivity contribution < 1.29 is 15.0 Å². The van der Waals surface area contributed by atoms with Crippen molar-refractivity contribution in [1.82, 2.24) is 0 Å². The maximum Gasteiger partial charge on any atom is 0.335 e. The molecule has 0 spiro atoms. The van der Waals surface area contributed by atoms with E-state index in [1.807, 2.05) is 0 Å². The number of halogens is 1. The van der Waals surface area contributed by atoms with Gasteiger partial charge in [-0.05, 0) is 6.42 Å². The highest BCUT2D eigenvalue weighted by molar-refractivity contribution is 6.18. The fourth-order valence-corrected chi connectivity index (χ4v) is 0.904. The molecule has 60 valence electrons. The highest BCUT2D eigenvalue weighted by Crippen LogP contribution is 2.15. The fourth-order valence-electron chi connectivity index (χ4n) is 0.591. The Labute approximate surface area is 64.6 Å². The third-order valence-corrected chi connectivity index (χ3v) is 1.68. The van der Waals surface area contributed by atoms with Gasteiger partial charge >= 0.3 is 5.97 Å². The number of carbonyl (C=O) groups is 1. The number of hydrogen-bond donors (Lipinski definition) is 2. The summed E-state index contributed by atoms with van der Waals surface area (Å²) in [7, 11) is 0. The summed E-state index contributed by atoms with van der Waals surface area (Å²) in [6, 6.07) is 0. The number of alkyl halides is 1. The van der Waals surface area contributed by atoms with Gasteiger partial charge < -0.3 is 10.2 Å². The summed E-state index contributed by atoms with van der Waals surface area (Å²) < 4.78 is 0. The Morgan fingerprint density at radius 2 is 2.20 bits per heavy atom. The third kappa shape index (κ3) is 2.15. The number of rotatable bonds is 4.